The Hall–Kier alpha value is -0.940. The molecule has 22 heavy (non-hydrogen) atoms. The quantitative estimate of drug-likeness (QED) is 0.735. The highest BCUT2D eigenvalue weighted by molar-refractivity contribution is 7.98. The molecule has 2 aromatic carbocycles. The lowest BCUT2D eigenvalue weighted by Gasteiger charge is -2.17. The van der Waals surface area contributed by atoms with Crippen molar-refractivity contribution >= 4 is 23.5 Å². The highest BCUT2D eigenvalue weighted by Crippen LogP contribution is 2.17. The summed E-state index contributed by atoms with van der Waals surface area (Å²) in [6.45, 7) is 0. The third-order valence-electron chi connectivity index (χ3n) is 3.24. The zero-order valence-electron chi connectivity index (χ0n) is 12.5. The third-order valence-corrected chi connectivity index (χ3v) is 5.47. The number of hydrogen-bond acceptors (Lipinski definition) is 4. The SMILES string of the molecule is OC(CSCc1ccccc1)C(O)CSCc1ccccc1. The summed E-state index contributed by atoms with van der Waals surface area (Å²) >= 11 is 3.31. The van der Waals surface area contributed by atoms with Crippen LogP contribution in [0.2, 0.25) is 0 Å². The molecule has 0 amide bonds. The molecule has 2 rings (SSSR count). The van der Waals surface area contributed by atoms with Gasteiger partial charge >= 0.3 is 0 Å². The van der Waals surface area contributed by atoms with E-state index in [1.165, 1.54) is 11.1 Å². The minimum atomic E-state index is -0.669. The molecule has 0 aliphatic rings. The second-order valence-electron chi connectivity index (χ2n) is 5.14. The Labute approximate surface area is 141 Å². The number of aliphatic hydroxyl groups is 2. The van der Waals surface area contributed by atoms with Crippen LogP contribution in [-0.4, -0.2) is 33.9 Å². The minimum absolute atomic E-state index is 0.557. The van der Waals surface area contributed by atoms with Gasteiger partial charge in [-0.15, -0.1) is 0 Å². The number of aliphatic hydroxyl groups excluding tert-OH is 2. The normalized spacial score (nSPS) is 13.7. The van der Waals surface area contributed by atoms with Crippen LogP contribution in [0.25, 0.3) is 0 Å². The fourth-order valence-electron chi connectivity index (χ4n) is 1.97. The van der Waals surface area contributed by atoms with Gasteiger partial charge in [-0.25, -0.2) is 0 Å². The van der Waals surface area contributed by atoms with Crippen molar-refractivity contribution in [2.45, 2.75) is 23.7 Å². The van der Waals surface area contributed by atoms with Crippen molar-refractivity contribution in [3.05, 3.63) is 71.8 Å². The first-order valence-electron chi connectivity index (χ1n) is 7.35. The second-order valence-corrected chi connectivity index (χ2v) is 7.20. The first-order valence-corrected chi connectivity index (χ1v) is 9.66. The van der Waals surface area contributed by atoms with E-state index in [9.17, 15) is 10.2 Å². The maximum atomic E-state index is 10.0. The molecule has 0 aliphatic heterocycles. The van der Waals surface area contributed by atoms with E-state index in [1.54, 1.807) is 23.5 Å². The van der Waals surface area contributed by atoms with Crippen LogP contribution in [0.3, 0.4) is 0 Å². The van der Waals surface area contributed by atoms with E-state index in [2.05, 4.69) is 24.3 Å². The van der Waals surface area contributed by atoms with Crippen LogP contribution in [0.15, 0.2) is 60.7 Å². The Morgan fingerprint density at radius 2 is 1.00 bits per heavy atom. The van der Waals surface area contributed by atoms with E-state index < -0.39 is 12.2 Å². The summed E-state index contributed by atoms with van der Waals surface area (Å²) in [5.41, 5.74) is 2.49. The van der Waals surface area contributed by atoms with E-state index >= 15 is 0 Å². The Balaban J connectivity index is 1.61. The first kappa shape index (κ1) is 17.4. The first-order chi connectivity index (χ1) is 10.8. The second kappa shape index (κ2) is 9.95. The van der Waals surface area contributed by atoms with Crippen molar-refractivity contribution < 1.29 is 10.2 Å². The van der Waals surface area contributed by atoms with Crippen LogP contribution in [0.5, 0.6) is 0 Å². The van der Waals surface area contributed by atoms with Crippen LogP contribution >= 0.6 is 23.5 Å². The van der Waals surface area contributed by atoms with Crippen molar-refractivity contribution in [3.63, 3.8) is 0 Å². The van der Waals surface area contributed by atoms with Crippen molar-refractivity contribution in [1.29, 1.82) is 0 Å². The van der Waals surface area contributed by atoms with Crippen molar-refractivity contribution in [2.24, 2.45) is 0 Å². The van der Waals surface area contributed by atoms with Crippen molar-refractivity contribution in [3.8, 4) is 0 Å². The van der Waals surface area contributed by atoms with Gasteiger partial charge in [0.05, 0.1) is 12.2 Å². The van der Waals surface area contributed by atoms with E-state index in [0.29, 0.717) is 11.5 Å². The maximum Gasteiger partial charge on any atom is 0.0897 e. The monoisotopic (exact) mass is 334 g/mol. The van der Waals surface area contributed by atoms with E-state index in [4.69, 9.17) is 0 Å². The predicted octanol–water partition coefficient (Wildman–Crippen LogP) is 3.58. The minimum Gasteiger partial charge on any atom is -0.390 e. The summed E-state index contributed by atoms with van der Waals surface area (Å²) in [4.78, 5) is 0. The Kier molecular flexibility index (Phi) is 7.88. The number of rotatable bonds is 9. The molecule has 0 heterocycles. The standard InChI is InChI=1S/C18H22O2S2/c19-17(13-21-11-15-7-3-1-4-8-15)18(20)14-22-12-16-9-5-2-6-10-16/h1-10,17-20H,11-14H2. The van der Waals surface area contributed by atoms with Gasteiger partial charge in [-0.1, -0.05) is 60.7 Å². The summed E-state index contributed by atoms with van der Waals surface area (Å²) in [6.07, 6.45) is -1.34. The third kappa shape index (κ3) is 6.44. The molecule has 118 valence electrons. The predicted molar refractivity (Wildman–Crippen MR) is 97.2 cm³/mol. The molecule has 2 atom stereocenters. The van der Waals surface area contributed by atoms with Gasteiger partial charge in [-0.3, -0.25) is 0 Å². The van der Waals surface area contributed by atoms with Gasteiger partial charge in [0, 0.05) is 23.0 Å². The van der Waals surface area contributed by atoms with Gasteiger partial charge < -0.3 is 10.2 Å². The molecule has 0 saturated carbocycles. The lowest BCUT2D eigenvalue weighted by Crippen LogP contribution is -2.30. The van der Waals surface area contributed by atoms with Crippen LogP contribution < -0.4 is 0 Å². The van der Waals surface area contributed by atoms with Crippen LogP contribution in [0.4, 0.5) is 0 Å². The molecule has 2 nitrogen and oxygen atoms in total. The lowest BCUT2D eigenvalue weighted by atomic mass is 10.2. The molecule has 0 spiro atoms. The largest absolute Gasteiger partial charge is 0.390 e. The molecule has 0 bridgehead atoms. The van der Waals surface area contributed by atoms with E-state index in [0.717, 1.165) is 11.5 Å². The molecular weight excluding hydrogens is 312 g/mol. The molecule has 2 N–H and O–H groups in total. The highest BCUT2D eigenvalue weighted by Gasteiger charge is 2.16. The van der Waals surface area contributed by atoms with Crippen LogP contribution in [0, 0.1) is 0 Å². The Morgan fingerprint density at radius 1 is 0.636 bits per heavy atom. The summed E-state index contributed by atoms with van der Waals surface area (Å²) in [5, 5.41) is 20.0. The maximum absolute atomic E-state index is 10.0. The molecule has 4 heteroatoms. The van der Waals surface area contributed by atoms with Gasteiger partial charge in [-0.2, -0.15) is 23.5 Å². The van der Waals surface area contributed by atoms with Crippen molar-refractivity contribution in [1.82, 2.24) is 0 Å². The van der Waals surface area contributed by atoms with Crippen LogP contribution in [0.1, 0.15) is 11.1 Å². The van der Waals surface area contributed by atoms with Crippen LogP contribution in [-0.2, 0) is 11.5 Å². The van der Waals surface area contributed by atoms with Gasteiger partial charge in [0.25, 0.3) is 0 Å². The molecule has 0 radical (unpaired) electrons. The van der Waals surface area contributed by atoms with Crippen molar-refractivity contribution in [2.75, 3.05) is 11.5 Å². The molecule has 0 fully saturated rings. The average Bonchev–Trinajstić information content (AvgIpc) is 2.56. The number of hydrogen-bond donors (Lipinski definition) is 2. The van der Waals surface area contributed by atoms with E-state index in [-0.39, 0.29) is 0 Å². The lowest BCUT2D eigenvalue weighted by molar-refractivity contribution is 0.0500. The van der Waals surface area contributed by atoms with Gasteiger partial charge in [0.1, 0.15) is 0 Å². The fraction of sp³-hybridized carbons (Fsp3) is 0.333. The summed E-state index contributed by atoms with van der Waals surface area (Å²) in [6, 6.07) is 20.4. The number of benzene rings is 2. The Morgan fingerprint density at radius 3 is 1.36 bits per heavy atom. The Bertz CT molecular complexity index is 470. The molecule has 0 aliphatic carbocycles. The van der Waals surface area contributed by atoms with Gasteiger partial charge in [0.2, 0.25) is 0 Å². The summed E-state index contributed by atoms with van der Waals surface area (Å²) < 4.78 is 0. The molecule has 2 aromatic rings. The van der Waals surface area contributed by atoms with Gasteiger partial charge in [-0.05, 0) is 11.1 Å². The summed E-state index contributed by atoms with van der Waals surface area (Å²) in [7, 11) is 0. The number of thioether (sulfide) groups is 2. The molecule has 2 unspecified atom stereocenters. The summed E-state index contributed by atoms with van der Waals surface area (Å²) in [5.74, 6) is 2.84. The topological polar surface area (TPSA) is 40.5 Å². The molecule has 0 saturated heterocycles. The van der Waals surface area contributed by atoms with Gasteiger partial charge in [0.15, 0.2) is 0 Å². The molecule has 0 aromatic heterocycles. The fourth-order valence-corrected chi connectivity index (χ4v) is 3.98. The zero-order valence-corrected chi connectivity index (χ0v) is 14.1. The highest BCUT2D eigenvalue weighted by atomic mass is 32.2. The smallest absolute Gasteiger partial charge is 0.0897 e. The van der Waals surface area contributed by atoms with E-state index in [1.807, 2.05) is 36.4 Å². The molecular formula is C18H22O2S2. The zero-order chi connectivity index (χ0) is 15.6. The average molecular weight is 335 g/mol.